The van der Waals surface area contributed by atoms with Crippen molar-refractivity contribution in [3.05, 3.63) is 28.9 Å². The van der Waals surface area contributed by atoms with Crippen LogP contribution >= 0.6 is 0 Å². The van der Waals surface area contributed by atoms with Crippen molar-refractivity contribution < 1.29 is 20.1 Å². The third-order valence-corrected chi connectivity index (χ3v) is 2.53. The van der Waals surface area contributed by atoms with Gasteiger partial charge in [-0.25, -0.2) is 9.78 Å². The largest absolute Gasteiger partial charge is 0.394 e. The minimum absolute atomic E-state index is 0.427. The standard InChI is InChI=1S/C9H12N2O5/c12-4-5-6(13)7(14)8(16-5)11-3-1-2-10-9(11)15/h1-3,5-8,12-14H,4H2/t5-,6?,7?,8-/m1/s1. The van der Waals surface area contributed by atoms with Crippen molar-refractivity contribution in [2.45, 2.75) is 24.5 Å². The quantitative estimate of drug-likeness (QED) is 0.533. The normalized spacial score (nSPS) is 34.2. The molecule has 1 fully saturated rings. The zero-order valence-electron chi connectivity index (χ0n) is 8.30. The lowest BCUT2D eigenvalue weighted by Crippen LogP contribution is -2.35. The molecule has 7 heteroatoms. The van der Waals surface area contributed by atoms with Gasteiger partial charge in [0, 0.05) is 12.4 Å². The van der Waals surface area contributed by atoms with Gasteiger partial charge in [-0.05, 0) is 6.07 Å². The molecule has 3 N–H and O–H groups in total. The molecule has 1 aliphatic heterocycles. The molecule has 7 nitrogen and oxygen atoms in total. The second-order valence-corrected chi connectivity index (χ2v) is 3.54. The van der Waals surface area contributed by atoms with Crippen molar-refractivity contribution in [3.63, 3.8) is 0 Å². The first-order valence-electron chi connectivity index (χ1n) is 4.80. The molecule has 2 heterocycles. The Hall–Kier alpha value is -1.28. The fourth-order valence-electron chi connectivity index (χ4n) is 1.67. The van der Waals surface area contributed by atoms with Gasteiger partial charge in [-0.1, -0.05) is 0 Å². The Kier molecular flexibility index (Phi) is 3.01. The van der Waals surface area contributed by atoms with E-state index in [9.17, 15) is 15.0 Å². The molecule has 88 valence electrons. The van der Waals surface area contributed by atoms with Gasteiger partial charge in [0.1, 0.15) is 18.3 Å². The molecule has 0 aliphatic carbocycles. The van der Waals surface area contributed by atoms with E-state index < -0.39 is 36.8 Å². The van der Waals surface area contributed by atoms with Crippen LogP contribution < -0.4 is 5.69 Å². The summed E-state index contributed by atoms with van der Waals surface area (Å²) in [5.41, 5.74) is -0.586. The first-order valence-corrected chi connectivity index (χ1v) is 4.80. The van der Waals surface area contributed by atoms with Crippen LogP contribution in [-0.4, -0.2) is 49.8 Å². The molecule has 16 heavy (non-hydrogen) atoms. The van der Waals surface area contributed by atoms with E-state index in [0.717, 1.165) is 4.57 Å². The Morgan fingerprint density at radius 1 is 1.44 bits per heavy atom. The predicted octanol–water partition coefficient (Wildman–Crippen LogP) is -2.15. The van der Waals surface area contributed by atoms with Crippen LogP contribution in [0.3, 0.4) is 0 Å². The van der Waals surface area contributed by atoms with Crippen LogP contribution in [0, 0.1) is 0 Å². The highest BCUT2D eigenvalue weighted by Crippen LogP contribution is 2.27. The number of rotatable bonds is 2. The van der Waals surface area contributed by atoms with Gasteiger partial charge in [0.25, 0.3) is 0 Å². The van der Waals surface area contributed by atoms with Gasteiger partial charge in [0.05, 0.1) is 6.61 Å². The molecule has 0 spiro atoms. The van der Waals surface area contributed by atoms with Crippen molar-refractivity contribution in [2.24, 2.45) is 0 Å². The van der Waals surface area contributed by atoms with Gasteiger partial charge in [-0.15, -0.1) is 0 Å². The number of nitrogens with zero attached hydrogens (tertiary/aromatic N) is 2. The van der Waals surface area contributed by atoms with Crippen molar-refractivity contribution in [2.75, 3.05) is 6.61 Å². The molecule has 0 saturated carbocycles. The fraction of sp³-hybridized carbons (Fsp3) is 0.556. The molecule has 0 radical (unpaired) electrons. The Morgan fingerprint density at radius 3 is 2.75 bits per heavy atom. The predicted molar refractivity (Wildman–Crippen MR) is 51.5 cm³/mol. The minimum Gasteiger partial charge on any atom is -0.394 e. The van der Waals surface area contributed by atoms with E-state index in [0.29, 0.717) is 0 Å². The summed E-state index contributed by atoms with van der Waals surface area (Å²) < 4.78 is 6.25. The summed E-state index contributed by atoms with van der Waals surface area (Å²) in [6, 6.07) is 1.51. The first-order chi connectivity index (χ1) is 7.65. The van der Waals surface area contributed by atoms with Gasteiger partial charge in [0.2, 0.25) is 0 Å². The number of hydrogen-bond donors (Lipinski definition) is 3. The van der Waals surface area contributed by atoms with Crippen molar-refractivity contribution in [1.82, 2.24) is 9.55 Å². The second kappa shape index (κ2) is 4.30. The van der Waals surface area contributed by atoms with E-state index >= 15 is 0 Å². The minimum atomic E-state index is -1.26. The maximum Gasteiger partial charge on any atom is 0.349 e. The zero-order valence-corrected chi connectivity index (χ0v) is 8.30. The van der Waals surface area contributed by atoms with Crippen LogP contribution in [0.1, 0.15) is 6.23 Å². The Morgan fingerprint density at radius 2 is 2.19 bits per heavy atom. The smallest absolute Gasteiger partial charge is 0.349 e. The Labute approximate surface area is 90.6 Å². The third-order valence-electron chi connectivity index (χ3n) is 2.53. The first kappa shape index (κ1) is 11.2. The number of aliphatic hydroxyl groups excluding tert-OH is 3. The van der Waals surface area contributed by atoms with E-state index in [1.54, 1.807) is 0 Å². The maximum absolute atomic E-state index is 11.4. The van der Waals surface area contributed by atoms with Gasteiger partial charge >= 0.3 is 5.69 Å². The summed E-state index contributed by atoms with van der Waals surface area (Å²) in [7, 11) is 0. The lowest BCUT2D eigenvalue weighted by molar-refractivity contribution is -0.0549. The highest BCUT2D eigenvalue weighted by atomic mass is 16.6. The average Bonchev–Trinajstić information content (AvgIpc) is 2.57. The molecule has 0 bridgehead atoms. The number of ether oxygens (including phenoxy) is 1. The molecule has 1 aromatic rings. The number of aromatic nitrogens is 2. The van der Waals surface area contributed by atoms with E-state index in [1.165, 1.54) is 18.5 Å². The van der Waals surface area contributed by atoms with Gasteiger partial charge in [-0.2, -0.15) is 0 Å². The molecule has 0 amide bonds. The van der Waals surface area contributed by atoms with E-state index in [4.69, 9.17) is 9.84 Å². The van der Waals surface area contributed by atoms with Crippen LogP contribution in [0.4, 0.5) is 0 Å². The van der Waals surface area contributed by atoms with E-state index in [1.807, 2.05) is 0 Å². The summed E-state index contributed by atoms with van der Waals surface area (Å²) >= 11 is 0. The molecule has 1 saturated heterocycles. The third kappa shape index (κ3) is 1.74. The number of hydrogen-bond acceptors (Lipinski definition) is 6. The molecule has 4 atom stereocenters. The van der Waals surface area contributed by atoms with Gasteiger partial charge < -0.3 is 20.1 Å². The highest BCUT2D eigenvalue weighted by Gasteiger charge is 2.43. The lowest BCUT2D eigenvalue weighted by Gasteiger charge is -2.16. The van der Waals surface area contributed by atoms with Crippen LogP contribution in [0.15, 0.2) is 23.3 Å². The van der Waals surface area contributed by atoms with Gasteiger partial charge in [-0.3, -0.25) is 4.57 Å². The Bertz CT molecular complexity index is 420. The van der Waals surface area contributed by atoms with Crippen molar-refractivity contribution in [3.8, 4) is 0 Å². The van der Waals surface area contributed by atoms with Crippen molar-refractivity contribution >= 4 is 0 Å². The molecule has 0 aromatic carbocycles. The molecule has 2 unspecified atom stereocenters. The zero-order chi connectivity index (χ0) is 11.7. The summed E-state index contributed by atoms with van der Waals surface area (Å²) in [6.45, 7) is -0.427. The summed E-state index contributed by atoms with van der Waals surface area (Å²) in [6.07, 6.45) is -1.68. The second-order valence-electron chi connectivity index (χ2n) is 3.54. The summed E-state index contributed by atoms with van der Waals surface area (Å²) in [4.78, 5) is 14.9. The molecule has 2 rings (SSSR count). The average molecular weight is 228 g/mol. The van der Waals surface area contributed by atoms with Crippen LogP contribution in [0.5, 0.6) is 0 Å². The monoisotopic (exact) mass is 228 g/mol. The summed E-state index contributed by atoms with van der Waals surface area (Å²) in [5.74, 6) is 0. The van der Waals surface area contributed by atoms with E-state index in [2.05, 4.69) is 4.98 Å². The van der Waals surface area contributed by atoms with Crippen LogP contribution in [0.2, 0.25) is 0 Å². The molecule has 1 aliphatic rings. The fourth-order valence-corrected chi connectivity index (χ4v) is 1.67. The Balaban J connectivity index is 2.30. The summed E-state index contributed by atoms with van der Waals surface area (Å²) in [5, 5.41) is 28.1. The number of aliphatic hydroxyl groups is 3. The lowest BCUT2D eigenvalue weighted by atomic mass is 10.1. The topological polar surface area (TPSA) is 105 Å². The van der Waals surface area contributed by atoms with Crippen molar-refractivity contribution in [1.29, 1.82) is 0 Å². The molecule has 1 aromatic heterocycles. The maximum atomic E-state index is 11.4. The van der Waals surface area contributed by atoms with Crippen LogP contribution in [-0.2, 0) is 4.74 Å². The molecular weight excluding hydrogens is 216 g/mol. The SMILES string of the molecule is O=c1ncccn1[C@@H]1O[C@H](CO)C(O)C1O. The van der Waals surface area contributed by atoms with Gasteiger partial charge in [0.15, 0.2) is 6.23 Å². The van der Waals surface area contributed by atoms with Crippen LogP contribution in [0.25, 0.3) is 0 Å². The van der Waals surface area contributed by atoms with E-state index in [-0.39, 0.29) is 0 Å². The highest BCUT2D eigenvalue weighted by molar-refractivity contribution is 4.92. The molecular formula is C9H12N2O5.